The average Bonchev–Trinajstić information content (AvgIpc) is 3.07. The number of benzene rings is 2. The lowest BCUT2D eigenvalue weighted by molar-refractivity contribution is 1.28. The molecular weight excluding hydrogens is 346 g/mol. The van der Waals surface area contributed by atoms with Gasteiger partial charge in [-0.2, -0.15) is 0 Å². The van der Waals surface area contributed by atoms with Gasteiger partial charge in [0.05, 0.1) is 6.42 Å². The molecular formula is C23H15N5. The fourth-order valence-corrected chi connectivity index (χ4v) is 3.08. The van der Waals surface area contributed by atoms with Gasteiger partial charge in [-0.15, -0.1) is 9.98 Å². The van der Waals surface area contributed by atoms with Crippen LogP contribution >= 0.6 is 0 Å². The summed E-state index contributed by atoms with van der Waals surface area (Å²) in [5.74, 6) is 0.0591. The highest BCUT2D eigenvalue weighted by atomic mass is 15.1. The van der Waals surface area contributed by atoms with Gasteiger partial charge in [-0.25, -0.2) is 0 Å². The maximum atomic E-state index is 7.39. The van der Waals surface area contributed by atoms with E-state index in [2.05, 4.69) is 30.7 Å². The first-order valence-corrected chi connectivity index (χ1v) is 8.72. The molecule has 1 aliphatic heterocycles. The summed E-state index contributed by atoms with van der Waals surface area (Å²) in [6, 6.07) is 17.8. The highest BCUT2D eigenvalue weighted by Crippen LogP contribution is 2.22. The van der Waals surface area contributed by atoms with Gasteiger partial charge in [0.15, 0.2) is 0 Å². The summed E-state index contributed by atoms with van der Waals surface area (Å²) >= 11 is 0. The monoisotopic (exact) mass is 361 g/mol. The molecule has 0 unspecified atom stereocenters. The third-order valence-corrected chi connectivity index (χ3v) is 4.43. The van der Waals surface area contributed by atoms with Gasteiger partial charge < -0.3 is 14.7 Å². The number of H-pyrrole nitrogens is 1. The van der Waals surface area contributed by atoms with Gasteiger partial charge in [0.1, 0.15) is 11.4 Å². The van der Waals surface area contributed by atoms with Crippen molar-refractivity contribution < 1.29 is 0 Å². The zero-order chi connectivity index (χ0) is 19.3. The fraction of sp³-hybridized carbons (Fsp3) is 0.0435. The van der Waals surface area contributed by atoms with Gasteiger partial charge in [-0.3, -0.25) is 0 Å². The molecule has 0 radical (unpaired) electrons. The SMILES string of the molecule is [C-]#[N+]C1=C([N+]#[C-])N=C(c2ccccc2)CC(/C=C/c2c[nH]c3ccccc23)=N1. The summed E-state index contributed by atoms with van der Waals surface area (Å²) in [6.07, 6.45) is 6.26. The first-order valence-electron chi connectivity index (χ1n) is 8.72. The molecule has 0 saturated carbocycles. The molecule has 2 aromatic carbocycles. The van der Waals surface area contributed by atoms with E-state index in [0.29, 0.717) is 12.1 Å². The molecule has 0 spiro atoms. The molecule has 1 aliphatic rings. The Morgan fingerprint density at radius 2 is 1.57 bits per heavy atom. The molecule has 0 bridgehead atoms. The summed E-state index contributed by atoms with van der Waals surface area (Å²) in [6.45, 7) is 14.8. The maximum absolute atomic E-state index is 7.39. The van der Waals surface area contributed by atoms with E-state index in [9.17, 15) is 0 Å². The van der Waals surface area contributed by atoms with Crippen LogP contribution in [0.2, 0.25) is 0 Å². The van der Waals surface area contributed by atoms with Crippen molar-refractivity contribution >= 4 is 28.4 Å². The fourth-order valence-electron chi connectivity index (χ4n) is 3.08. The Labute approximate surface area is 162 Å². The largest absolute Gasteiger partial charge is 0.370 e. The van der Waals surface area contributed by atoms with Crippen LogP contribution in [-0.2, 0) is 0 Å². The molecule has 132 valence electrons. The lowest BCUT2D eigenvalue weighted by Crippen LogP contribution is -2.06. The third kappa shape index (κ3) is 3.38. The summed E-state index contributed by atoms with van der Waals surface area (Å²) in [4.78, 5) is 18.9. The Hall–Kier alpha value is -4.22. The molecule has 5 nitrogen and oxygen atoms in total. The summed E-state index contributed by atoms with van der Waals surface area (Å²) < 4.78 is 0. The molecule has 0 fully saturated rings. The second-order valence-electron chi connectivity index (χ2n) is 6.20. The van der Waals surface area contributed by atoms with Crippen molar-refractivity contribution in [2.24, 2.45) is 9.98 Å². The predicted octanol–water partition coefficient (Wildman–Crippen LogP) is 5.48. The Bertz CT molecular complexity index is 1240. The van der Waals surface area contributed by atoms with Crippen LogP contribution in [0.25, 0.3) is 26.7 Å². The van der Waals surface area contributed by atoms with Crippen molar-refractivity contribution in [1.82, 2.24) is 4.98 Å². The number of hydrogen-bond acceptors (Lipinski definition) is 2. The standard InChI is InChI=1S/C23H15N5/c1-24-22-23(25-2)28-21(16-8-4-3-5-9-16)14-18(27-22)13-12-17-15-26-20-11-7-6-10-19(17)20/h3-13,15,26H,14H2/b13-12+. The van der Waals surface area contributed by atoms with E-state index < -0.39 is 0 Å². The molecule has 1 N–H and O–H groups in total. The van der Waals surface area contributed by atoms with Gasteiger partial charge in [0.25, 0.3) is 11.6 Å². The number of nitrogens with one attached hydrogen (secondary N) is 1. The number of aromatic amines is 1. The number of para-hydroxylation sites is 1. The maximum Gasteiger partial charge on any atom is 0.293 e. The van der Waals surface area contributed by atoms with Crippen molar-refractivity contribution in [3.8, 4) is 0 Å². The van der Waals surface area contributed by atoms with Crippen molar-refractivity contribution in [3.63, 3.8) is 0 Å². The van der Waals surface area contributed by atoms with Gasteiger partial charge >= 0.3 is 0 Å². The van der Waals surface area contributed by atoms with Crippen LogP contribution in [0.1, 0.15) is 17.5 Å². The summed E-state index contributed by atoms with van der Waals surface area (Å²) in [7, 11) is 0. The van der Waals surface area contributed by atoms with Crippen LogP contribution in [0.5, 0.6) is 0 Å². The second kappa shape index (κ2) is 7.57. The number of rotatable bonds is 3. The lowest BCUT2D eigenvalue weighted by Gasteiger charge is -2.00. The van der Waals surface area contributed by atoms with E-state index in [0.717, 1.165) is 27.7 Å². The molecule has 28 heavy (non-hydrogen) atoms. The van der Waals surface area contributed by atoms with E-state index in [-0.39, 0.29) is 11.6 Å². The molecule has 0 amide bonds. The topological polar surface area (TPSA) is 49.2 Å². The molecule has 0 aliphatic carbocycles. The van der Waals surface area contributed by atoms with Crippen LogP contribution in [0, 0.1) is 13.1 Å². The lowest BCUT2D eigenvalue weighted by atomic mass is 10.0. The minimum absolute atomic E-state index is 0.0273. The van der Waals surface area contributed by atoms with Crippen LogP contribution in [-0.4, -0.2) is 16.4 Å². The molecule has 0 atom stereocenters. The Morgan fingerprint density at radius 1 is 0.857 bits per heavy atom. The highest BCUT2D eigenvalue weighted by Gasteiger charge is 2.20. The van der Waals surface area contributed by atoms with E-state index in [1.54, 1.807) is 0 Å². The Morgan fingerprint density at radius 3 is 2.36 bits per heavy atom. The number of aromatic nitrogens is 1. The summed E-state index contributed by atoms with van der Waals surface area (Å²) in [5, 5.41) is 1.12. The van der Waals surface area contributed by atoms with E-state index >= 15 is 0 Å². The van der Waals surface area contributed by atoms with Crippen LogP contribution in [0.4, 0.5) is 0 Å². The van der Waals surface area contributed by atoms with Gasteiger partial charge in [-0.05, 0) is 23.8 Å². The minimum atomic E-state index is 0.0273. The molecule has 5 heteroatoms. The van der Waals surface area contributed by atoms with E-state index in [1.165, 1.54) is 0 Å². The van der Waals surface area contributed by atoms with E-state index in [4.69, 9.17) is 13.1 Å². The smallest absolute Gasteiger partial charge is 0.293 e. The van der Waals surface area contributed by atoms with Crippen molar-refractivity contribution in [2.45, 2.75) is 6.42 Å². The zero-order valence-electron chi connectivity index (χ0n) is 14.9. The number of fused-ring (bicyclic) bond motifs is 1. The Kier molecular flexibility index (Phi) is 4.65. The first-order chi connectivity index (χ1) is 13.8. The average molecular weight is 361 g/mol. The zero-order valence-corrected chi connectivity index (χ0v) is 14.9. The predicted molar refractivity (Wildman–Crippen MR) is 113 cm³/mol. The molecule has 2 heterocycles. The number of allylic oxidation sites excluding steroid dienone is 1. The van der Waals surface area contributed by atoms with Gasteiger partial charge in [0, 0.05) is 22.7 Å². The highest BCUT2D eigenvalue weighted by molar-refractivity contribution is 6.18. The number of hydrogen-bond donors (Lipinski definition) is 1. The number of nitrogens with zero attached hydrogens (tertiary/aromatic N) is 4. The molecule has 4 rings (SSSR count). The second-order valence-corrected chi connectivity index (χ2v) is 6.20. The molecule has 3 aromatic rings. The first kappa shape index (κ1) is 17.2. The quantitative estimate of drug-likeness (QED) is 0.601. The van der Waals surface area contributed by atoms with Crippen molar-refractivity contribution in [2.75, 3.05) is 0 Å². The van der Waals surface area contributed by atoms with E-state index in [1.807, 2.05) is 66.9 Å². The van der Waals surface area contributed by atoms with Crippen molar-refractivity contribution in [3.05, 3.63) is 112 Å². The van der Waals surface area contributed by atoms with Crippen LogP contribution < -0.4 is 0 Å². The Balaban J connectivity index is 1.75. The van der Waals surface area contributed by atoms with Gasteiger partial charge in [-0.1, -0.05) is 61.7 Å². The molecule has 0 saturated heterocycles. The van der Waals surface area contributed by atoms with Crippen LogP contribution in [0.15, 0.2) is 88.5 Å². The van der Waals surface area contributed by atoms with Crippen molar-refractivity contribution in [1.29, 1.82) is 0 Å². The normalized spacial score (nSPS) is 14.4. The molecule has 1 aromatic heterocycles. The third-order valence-electron chi connectivity index (χ3n) is 4.43. The van der Waals surface area contributed by atoms with Crippen LogP contribution in [0.3, 0.4) is 0 Å². The summed E-state index contributed by atoms with van der Waals surface area (Å²) in [5.41, 5.74) is 4.45. The number of aliphatic imine (C=N–C) groups is 2. The van der Waals surface area contributed by atoms with Gasteiger partial charge in [0.2, 0.25) is 0 Å². The minimum Gasteiger partial charge on any atom is -0.370 e.